The summed E-state index contributed by atoms with van der Waals surface area (Å²) in [5.74, 6) is 2.41. The molecule has 0 radical (unpaired) electrons. The topological polar surface area (TPSA) is 82.8 Å². The van der Waals surface area contributed by atoms with Gasteiger partial charge in [-0.2, -0.15) is 0 Å². The first-order valence-electron chi connectivity index (χ1n) is 11.3. The Morgan fingerprint density at radius 3 is 2.56 bits per heavy atom. The van der Waals surface area contributed by atoms with Crippen LogP contribution in [0.25, 0.3) is 0 Å². The number of carbonyl (C=O) groups excluding carboxylic acids is 1. The third kappa shape index (κ3) is 8.11. The van der Waals surface area contributed by atoms with Gasteiger partial charge >= 0.3 is 0 Å². The second-order valence-corrected chi connectivity index (χ2v) is 8.44. The van der Waals surface area contributed by atoms with Crippen LogP contribution in [0.15, 0.2) is 45.9 Å². The fraction of sp³-hybridized carbons (Fsp3) is 0.542. The molecule has 1 aliphatic rings. The van der Waals surface area contributed by atoms with Crippen LogP contribution in [0.5, 0.6) is 0 Å². The lowest BCUT2D eigenvalue weighted by molar-refractivity contribution is -0.130. The van der Waals surface area contributed by atoms with Crippen molar-refractivity contribution in [1.29, 1.82) is 0 Å². The van der Waals surface area contributed by atoms with E-state index in [1.54, 1.807) is 0 Å². The Hall–Kier alpha value is -2.10. The predicted molar refractivity (Wildman–Crippen MR) is 138 cm³/mol. The van der Waals surface area contributed by atoms with E-state index in [1.807, 2.05) is 17.9 Å². The lowest BCUT2D eigenvalue weighted by Crippen LogP contribution is -2.41. The van der Waals surface area contributed by atoms with E-state index in [0.717, 1.165) is 50.4 Å². The highest BCUT2D eigenvalue weighted by Crippen LogP contribution is 2.21. The van der Waals surface area contributed by atoms with Crippen LogP contribution in [0, 0.1) is 5.92 Å². The maximum Gasteiger partial charge on any atom is 0.244 e. The highest BCUT2D eigenvalue weighted by molar-refractivity contribution is 14.0. The number of benzene rings is 1. The SMILES string of the molecule is CCNC(=NCC(=O)N1CCC(Cc2ccccc2)CC1)NCc1cc(C(C)C)no1.I. The third-order valence-electron chi connectivity index (χ3n) is 5.65. The number of halogens is 1. The molecule has 32 heavy (non-hydrogen) atoms. The van der Waals surface area contributed by atoms with Gasteiger partial charge in [-0.1, -0.05) is 49.3 Å². The standard InChI is InChI=1S/C24H35N5O2.HI/c1-4-25-24(26-16-21-15-22(18(2)3)28-31-21)27-17-23(30)29-12-10-20(11-13-29)14-19-8-6-5-7-9-19;/h5-9,15,18,20H,4,10-14,16-17H2,1-3H3,(H2,25,26,27);1H. The number of aliphatic imine (C=N–C) groups is 1. The summed E-state index contributed by atoms with van der Waals surface area (Å²) < 4.78 is 5.36. The van der Waals surface area contributed by atoms with Crippen molar-refractivity contribution in [3.05, 3.63) is 53.4 Å². The molecule has 1 fully saturated rings. The second kappa shape index (κ2) is 13.4. The Morgan fingerprint density at radius 2 is 1.94 bits per heavy atom. The summed E-state index contributed by atoms with van der Waals surface area (Å²) in [4.78, 5) is 19.1. The van der Waals surface area contributed by atoms with Crippen LogP contribution in [-0.2, 0) is 17.8 Å². The fourth-order valence-corrected chi connectivity index (χ4v) is 3.78. The number of hydrogen-bond acceptors (Lipinski definition) is 4. The van der Waals surface area contributed by atoms with Crippen molar-refractivity contribution in [3.63, 3.8) is 0 Å². The van der Waals surface area contributed by atoms with Crippen LogP contribution >= 0.6 is 24.0 Å². The smallest absolute Gasteiger partial charge is 0.244 e. The number of nitrogens with one attached hydrogen (secondary N) is 2. The van der Waals surface area contributed by atoms with E-state index in [9.17, 15) is 4.79 Å². The number of piperidine rings is 1. The number of hydrogen-bond donors (Lipinski definition) is 2. The first-order valence-corrected chi connectivity index (χ1v) is 11.3. The zero-order valence-corrected chi connectivity index (χ0v) is 21.7. The summed E-state index contributed by atoms with van der Waals surface area (Å²) in [6.07, 6.45) is 3.19. The summed E-state index contributed by atoms with van der Waals surface area (Å²) in [6.45, 7) is 9.13. The van der Waals surface area contributed by atoms with Crippen LogP contribution in [-0.4, -0.2) is 48.1 Å². The van der Waals surface area contributed by atoms with Gasteiger partial charge in [0.1, 0.15) is 6.54 Å². The molecule has 3 rings (SSSR count). The van der Waals surface area contributed by atoms with Gasteiger partial charge in [0.25, 0.3) is 0 Å². The number of guanidine groups is 1. The summed E-state index contributed by atoms with van der Waals surface area (Å²) >= 11 is 0. The van der Waals surface area contributed by atoms with Gasteiger partial charge in [-0.3, -0.25) is 4.79 Å². The summed E-state index contributed by atoms with van der Waals surface area (Å²) in [5, 5.41) is 10.5. The largest absolute Gasteiger partial charge is 0.359 e. The monoisotopic (exact) mass is 553 g/mol. The van der Waals surface area contributed by atoms with Crippen molar-refractivity contribution in [2.75, 3.05) is 26.2 Å². The van der Waals surface area contributed by atoms with E-state index in [1.165, 1.54) is 5.56 Å². The van der Waals surface area contributed by atoms with Gasteiger partial charge in [-0.25, -0.2) is 4.99 Å². The highest BCUT2D eigenvalue weighted by atomic mass is 127. The number of likely N-dealkylation sites (tertiary alicyclic amines) is 1. The fourth-order valence-electron chi connectivity index (χ4n) is 3.78. The lowest BCUT2D eigenvalue weighted by atomic mass is 9.90. The Balaban J connectivity index is 0.00000363. The van der Waals surface area contributed by atoms with E-state index in [4.69, 9.17) is 4.52 Å². The van der Waals surface area contributed by atoms with Crippen molar-refractivity contribution in [3.8, 4) is 0 Å². The van der Waals surface area contributed by atoms with E-state index in [-0.39, 0.29) is 36.4 Å². The number of amides is 1. The minimum Gasteiger partial charge on any atom is -0.359 e. The Kier molecular flexibility index (Phi) is 11.0. The average Bonchev–Trinajstić information content (AvgIpc) is 3.26. The van der Waals surface area contributed by atoms with E-state index < -0.39 is 0 Å². The molecule has 0 spiro atoms. The van der Waals surface area contributed by atoms with Crippen LogP contribution in [0.2, 0.25) is 0 Å². The zero-order valence-electron chi connectivity index (χ0n) is 19.3. The molecule has 0 bridgehead atoms. The van der Waals surface area contributed by atoms with Gasteiger partial charge in [0.05, 0.1) is 12.2 Å². The van der Waals surface area contributed by atoms with Gasteiger partial charge in [-0.15, -0.1) is 24.0 Å². The summed E-state index contributed by atoms with van der Waals surface area (Å²) in [6, 6.07) is 12.6. The Labute approximate surface area is 208 Å². The van der Waals surface area contributed by atoms with Gasteiger partial charge < -0.3 is 20.1 Å². The molecular weight excluding hydrogens is 517 g/mol. The van der Waals surface area contributed by atoms with E-state index in [2.05, 4.69) is 65.0 Å². The molecule has 1 aromatic carbocycles. The third-order valence-corrected chi connectivity index (χ3v) is 5.65. The van der Waals surface area contributed by atoms with Crippen LogP contribution in [0.4, 0.5) is 0 Å². The molecule has 1 amide bonds. The highest BCUT2D eigenvalue weighted by Gasteiger charge is 2.22. The molecule has 8 heteroatoms. The molecule has 0 unspecified atom stereocenters. The molecular formula is C24H36IN5O2. The second-order valence-electron chi connectivity index (χ2n) is 8.44. The molecule has 1 aromatic heterocycles. The Bertz CT molecular complexity index is 845. The van der Waals surface area contributed by atoms with Gasteiger partial charge in [0.2, 0.25) is 5.91 Å². The van der Waals surface area contributed by atoms with E-state index in [0.29, 0.717) is 24.3 Å². The van der Waals surface area contributed by atoms with Crippen LogP contribution in [0.3, 0.4) is 0 Å². The molecule has 7 nitrogen and oxygen atoms in total. The molecule has 2 N–H and O–H groups in total. The molecule has 0 saturated carbocycles. The van der Waals surface area contributed by atoms with Gasteiger partial charge in [-0.05, 0) is 43.6 Å². The minimum atomic E-state index is 0. The number of nitrogens with zero attached hydrogens (tertiary/aromatic N) is 3. The van der Waals surface area contributed by atoms with Crippen molar-refractivity contribution >= 4 is 35.8 Å². The van der Waals surface area contributed by atoms with E-state index >= 15 is 0 Å². The van der Waals surface area contributed by atoms with Crippen LogP contribution < -0.4 is 10.6 Å². The number of aromatic nitrogens is 1. The van der Waals surface area contributed by atoms with Gasteiger partial charge in [0.15, 0.2) is 11.7 Å². The summed E-state index contributed by atoms with van der Waals surface area (Å²) in [7, 11) is 0. The molecule has 1 aliphatic heterocycles. The van der Waals surface area contributed by atoms with Crippen molar-refractivity contribution in [1.82, 2.24) is 20.7 Å². The average molecular weight is 553 g/mol. The molecule has 1 saturated heterocycles. The Morgan fingerprint density at radius 1 is 1.22 bits per heavy atom. The lowest BCUT2D eigenvalue weighted by Gasteiger charge is -2.31. The molecule has 2 aromatic rings. The predicted octanol–water partition coefficient (Wildman–Crippen LogP) is 3.95. The first kappa shape index (κ1) is 26.2. The molecule has 176 valence electrons. The maximum atomic E-state index is 12.7. The quantitative estimate of drug-likeness (QED) is 0.294. The van der Waals surface area contributed by atoms with Crippen molar-refractivity contribution in [2.24, 2.45) is 10.9 Å². The summed E-state index contributed by atoms with van der Waals surface area (Å²) in [5.41, 5.74) is 2.31. The van der Waals surface area contributed by atoms with Crippen molar-refractivity contribution in [2.45, 2.75) is 52.5 Å². The normalized spacial score (nSPS) is 14.9. The maximum absolute atomic E-state index is 12.7. The molecule has 2 heterocycles. The minimum absolute atomic E-state index is 0. The van der Waals surface area contributed by atoms with Gasteiger partial charge in [0, 0.05) is 25.7 Å². The number of carbonyl (C=O) groups is 1. The van der Waals surface area contributed by atoms with Crippen molar-refractivity contribution < 1.29 is 9.32 Å². The molecule has 0 aliphatic carbocycles. The zero-order chi connectivity index (χ0) is 22.1. The first-order chi connectivity index (χ1) is 15.0. The van der Waals surface area contributed by atoms with Crippen LogP contribution in [0.1, 0.15) is 56.5 Å². The number of rotatable bonds is 8. The molecule has 0 atom stereocenters.